The second-order valence-corrected chi connectivity index (χ2v) is 6.94. The standard InChI is InChI=1S/C19H23N3O3/c1-11-7-16-17(12(2)25-11)20-21-18(16)19(23)22-9-14(10-22)13-5-4-6-15(8-13)24-3/h4-6,8,11-12,14H,7,9-10H2,1-3H3,(H,20,21)/t11-,12+/m0/s1. The Hall–Kier alpha value is -2.34. The summed E-state index contributed by atoms with van der Waals surface area (Å²) < 4.78 is 11.1. The summed E-state index contributed by atoms with van der Waals surface area (Å²) in [6.45, 7) is 5.46. The minimum atomic E-state index is -0.0475. The molecule has 0 bridgehead atoms. The van der Waals surface area contributed by atoms with E-state index in [2.05, 4.69) is 16.3 Å². The Kier molecular flexibility index (Phi) is 4.00. The van der Waals surface area contributed by atoms with Crippen molar-refractivity contribution < 1.29 is 14.3 Å². The fraction of sp³-hybridized carbons (Fsp3) is 0.474. The maximum absolute atomic E-state index is 12.9. The van der Waals surface area contributed by atoms with E-state index >= 15 is 0 Å². The van der Waals surface area contributed by atoms with E-state index in [1.165, 1.54) is 5.56 Å². The topological polar surface area (TPSA) is 67.5 Å². The summed E-state index contributed by atoms with van der Waals surface area (Å²) in [5.74, 6) is 1.22. The van der Waals surface area contributed by atoms with Crippen LogP contribution in [0.5, 0.6) is 5.75 Å². The van der Waals surface area contributed by atoms with Gasteiger partial charge in [0.25, 0.3) is 5.91 Å². The number of ether oxygens (including phenoxy) is 2. The van der Waals surface area contributed by atoms with Crippen LogP contribution in [0.3, 0.4) is 0 Å². The first kappa shape index (κ1) is 16.1. The molecule has 1 saturated heterocycles. The molecule has 0 aliphatic carbocycles. The summed E-state index contributed by atoms with van der Waals surface area (Å²) in [6, 6.07) is 8.06. The molecule has 3 heterocycles. The molecule has 2 aromatic rings. The molecule has 132 valence electrons. The molecular formula is C19H23N3O3. The molecule has 2 atom stereocenters. The molecule has 1 aromatic carbocycles. The fourth-order valence-electron chi connectivity index (χ4n) is 3.75. The van der Waals surface area contributed by atoms with Crippen LogP contribution in [0.2, 0.25) is 0 Å². The normalized spacial score (nSPS) is 23.1. The van der Waals surface area contributed by atoms with E-state index in [0.29, 0.717) is 11.6 Å². The summed E-state index contributed by atoms with van der Waals surface area (Å²) in [4.78, 5) is 14.7. The Morgan fingerprint density at radius 2 is 2.16 bits per heavy atom. The van der Waals surface area contributed by atoms with Gasteiger partial charge in [0.15, 0.2) is 5.69 Å². The zero-order chi connectivity index (χ0) is 17.6. The number of carbonyl (C=O) groups is 1. The largest absolute Gasteiger partial charge is 0.497 e. The van der Waals surface area contributed by atoms with E-state index in [9.17, 15) is 4.79 Å². The Bertz CT molecular complexity index is 795. The smallest absolute Gasteiger partial charge is 0.274 e. The second-order valence-electron chi connectivity index (χ2n) is 6.94. The molecule has 0 unspecified atom stereocenters. The molecule has 6 heteroatoms. The first-order valence-corrected chi connectivity index (χ1v) is 8.72. The number of hydrogen-bond donors (Lipinski definition) is 1. The number of hydrogen-bond acceptors (Lipinski definition) is 4. The first-order chi connectivity index (χ1) is 12.1. The maximum Gasteiger partial charge on any atom is 0.274 e. The molecule has 6 nitrogen and oxygen atoms in total. The number of H-pyrrole nitrogens is 1. The van der Waals surface area contributed by atoms with Gasteiger partial charge < -0.3 is 14.4 Å². The molecule has 4 rings (SSSR count). The van der Waals surface area contributed by atoms with Crippen molar-refractivity contribution >= 4 is 5.91 Å². The van der Waals surface area contributed by atoms with E-state index in [1.807, 2.05) is 36.9 Å². The van der Waals surface area contributed by atoms with Gasteiger partial charge >= 0.3 is 0 Å². The predicted molar refractivity (Wildman–Crippen MR) is 92.9 cm³/mol. The summed E-state index contributed by atoms with van der Waals surface area (Å²) in [5, 5.41) is 7.29. The van der Waals surface area contributed by atoms with E-state index in [0.717, 1.165) is 36.5 Å². The van der Waals surface area contributed by atoms with Crippen molar-refractivity contribution in [3.63, 3.8) is 0 Å². The highest BCUT2D eigenvalue weighted by Crippen LogP contribution is 2.33. The zero-order valence-corrected chi connectivity index (χ0v) is 14.8. The fourth-order valence-corrected chi connectivity index (χ4v) is 3.75. The Labute approximate surface area is 147 Å². The van der Waals surface area contributed by atoms with Crippen molar-refractivity contribution in [1.29, 1.82) is 0 Å². The summed E-state index contributed by atoms with van der Waals surface area (Å²) in [5.41, 5.74) is 3.72. The number of amides is 1. The van der Waals surface area contributed by atoms with Crippen molar-refractivity contribution in [3.8, 4) is 5.75 Å². The number of likely N-dealkylation sites (tertiary alicyclic amines) is 1. The number of aromatic nitrogens is 2. The van der Waals surface area contributed by atoms with Crippen molar-refractivity contribution in [1.82, 2.24) is 15.1 Å². The molecule has 0 radical (unpaired) electrons. The Morgan fingerprint density at radius 3 is 2.92 bits per heavy atom. The molecule has 25 heavy (non-hydrogen) atoms. The number of benzene rings is 1. The summed E-state index contributed by atoms with van der Waals surface area (Å²) in [6.07, 6.45) is 0.783. The maximum atomic E-state index is 12.9. The molecule has 1 fully saturated rings. The van der Waals surface area contributed by atoms with Gasteiger partial charge in [0.2, 0.25) is 0 Å². The molecule has 2 aliphatic heterocycles. The monoisotopic (exact) mass is 341 g/mol. The van der Waals surface area contributed by atoms with Crippen LogP contribution in [0.15, 0.2) is 24.3 Å². The van der Waals surface area contributed by atoms with Crippen LogP contribution in [0.25, 0.3) is 0 Å². The predicted octanol–water partition coefficient (Wildman–Crippen LogP) is 2.68. The van der Waals surface area contributed by atoms with Crippen molar-refractivity contribution in [3.05, 3.63) is 46.8 Å². The zero-order valence-electron chi connectivity index (χ0n) is 14.8. The Morgan fingerprint density at radius 1 is 1.36 bits per heavy atom. The third kappa shape index (κ3) is 2.80. The third-order valence-electron chi connectivity index (χ3n) is 5.17. The van der Waals surface area contributed by atoms with Gasteiger partial charge in [-0.2, -0.15) is 5.10 Å². The summed E-state index contributed by atoms with van der Waals surface area (Å²) in [7, 11) is 1.67. The van der Waals surface area contributed by atoms with Gasteiger partial charge in [-0.15, -0.1) is 0 Å². The van der Waals surface area contributed by atoms with Crippen LogP contribution in [0, 0.1) is 0 Å². The van der Waals surface area contributed by atoms with Gasteiger partial charge in [-0.3, -0.25) is 9.89 Å². The van der Waals surface area contributed by atoms with Crippen molar-refractivity contribution in [2.75, 3.05) is 20.2 Å². The lowest BCUT2D eigenvalue weighted by molar-refractivity contribution is -0.00706. The van der Waals surface area contributed by atoms with E-state index < -0.39 is 0 Å². The van der Waals surface area contributed by atoms with Gasteiger partial charge in [0.1, 0.15) is 5.75 Å². The SMILES string of the molecule is COc1cccc(C2CN(C(=O)c3n[nH]c4c3C[C@H](C)O[C@@H]4C)C2)c1. The lowest BCUT2D eigenvalue weighted by Crippen LogP contribution is -2.48. The molecule has 1 N–H and O–H groups in total. The molecule has 0 saturated carbocycles. The number of aromatic amines is 1. The van der Waals surface area contributed by atoms with Gasteiger partial charge in [-0.05, 0) is 31.5 Å². The van der Waals surface area contributed by atoms with Crippen molar-refractivity contribution in [2.45, 2.75) is 38.4 Å². The lowest BCUT2D eigenvalue weighted by atomic mass is 9.90. The molecule has 2 aliphatic rings. The molecular weight excluding hydrogens is 318 g/mol. The average molecular weight is 341 g/mol. The quantitative estimate of drug-likeness (QED) is 0.932. The van der Waals surface area contributed by atoms with Crippen LogP contribution in [-0.2, 0) is 11.2 Å². The lowest BCUT2D eigenvalue weighted by Gasteiger charge is -2.39. The van der Waals surface area contributed by atoms with E-state index in [1.54, 1.807) is 7.11 Å². The highest BCUT2D eigenvalue weighted by molar-refractivity contribution is 5.94. The average Bonchev–Trinajstić information content (AvgIpc) is 2.97. The van der Waals surface area contributed by atoms with Crippen LogP contribution in [-0.4, -0.2) is 47.3 Å². The third-order valence-corrected chi connectivity index (χ3v) is 5.17. The van der Waals surface area contributed by atoms with Crippen LogP contribution < -0.4 is 4.74 Å². The number of nitrogens with one attached hydrogen (secondary N) is 1. The number of rotatable bonds is 3. The van der Waals surface area contributed by atoms with Crippen LogP contribution in [0.4, 0.5) is 0 Å². The minimum absolute atomic E-state index is 0.0120. The van der Waals surface area contributed by atoms with Gasteiger partial charge in [-0.25, -0.2) is 0 Å². The molecule has 0 spiro atoms. The van der Waals surface area contributed by atoms with Gasteiger partial charge in [0, 0.05) is 31.0 Å². The number of nitrogens with zero attached hydrogens (tertiary/aromatic N) is 2. The number of fused-ring (bicyclic) bond motifs is 1. The number of methoxy groups -OCH3 is 1. The van der Waals surface area contributed by atoms with Crippen molar-refractivity contribution in [2.24, 2.45) is 0 Å². The van der Waals surface area contributed by atoms with E-state index in [4.69, 9.17) is 9.47 Å². The molecule has 1 aromatic heterocycles. The Balaban J connectivity index is 1.47. The highest BCUT2D eigenvalue weighted by atomic mass is 16.5. The van der Waals surface area contributed by atoms with Gasteiger partial charge in [-0.1, -0.05) is 12.1 Å². The van der Waals surface area contributed by atoms with E-state index in [-0.39, 0.29) is 18.1 Å². The number of carbonyl (C=O) groups excluding carboxylic acids is 1. The highest BCUT2D eigenvalue weighted by Gasteiger charge is 2.36. The minimum Gasteiger partial charge on any atom is -0.497 e. The van der Waals surface area contributed by atoms with Gasteiger partial charge in [0.05, 0.1) is 25.0 Å². The molecule has 1 amide bonds. The van der Waals surface area contributed by atoms with Crippen LogP contribution >= 0.6 is 0 Å². The summed E-state index contributed by atoms with van der Waals surface area (Å²) >= 11 is 0. The van der Waals surface area contributed by atoms with Crippen LogP contribution in [0.1, 0.15) is 53.2 Å². The second kappa shape index (κ2) is 6.19. The first-order valence-electron chi connectivity index (χ1n) is 8.72.